The van der Waals surface area contributed by atoms with E-state index in [1.54, 1.807) is 11.3 Å². The van der Waals surface area contributed by atoms with Gasteiger partial charge in [-0.05, 0) is 45.6 Å². The monoisotopic (exact) mass is 412 g/mol. The van der Waals surface area contributed by atoms with Gasteiger partial charge in [0, 0.05) is 16.0 Å². The highest BCUT2D eigenvalue weighted by atomic mass is 79.9. The van der Waals surface area contributed by atoms with Crippen molar-refractivity contribution in [2.45, 2.75) is 0 Å². The van der Waals surface area contributed by atoms with Crippen molar-refractivity contribution in [3.8, 4) is 0 Å². The Bertz CT molecular complexity index is 772. The first-order valence-corrected chi connectivity index (χ1v) is 8.29. The SMILES string of the molecule is CNc1nc(Nc2ccc(Br)cc2Br)c2ccsc2n1. The molecule has 0 atom stereocenters. The maximum atomic E-state index is 4.49. The number of hydrogen-bond donors (Lipinski definition) is 2. The second kappa shape index (κ2) is 5.67. The lowest BCUT2D eigenvalue weighted by Crippen LogP contribution is -2.01. The molecule has 0 aliphatic heterocycles. The summed E-state index contributed by atoms with van der Waals surface area (Å²) in [5.41, 5.74) is 0.960. The summed E-state index contributed by atoms with van der Waals surface area (Å²) in [5.74, 6) is 1.40. The Morgan fingerprint density at radius 3 is 2.75 bits per heavy atom. The molecule has 3 aromatic rings. The van der Waals surface area contributed by atoms with Crippen LogP contribution in [0, 0.1) is 0 Å². The van der Waals surface area contributed by atoms with E-state index in [9.17, 15) is 0 Å². The van der Waals surface area contributed by atoms with Crippen LogP contribution >= 0.6 is 43.2 Å². The van der Waals surface area contributed by atoms with Gasteiger partial charge >= 0.3 is 0 Å². The quantitative estimate of drug-likeness (QED) is 0.634. The Kier molecular flexibility index (Phi) is 3.91. The molecule has 0 aliphatic carbocycles. The van der Waals surface area contributed by atoms with E-state index in [2.05, 4.69) is 52.5 Å². The van der Waals surface area contributed by atoms with Crippen LogP contribution < -0.4 is 10.6 Å². The predicted molar refractivity (Wildman–Crippen MR) is 92.1 cm³/mol. The molecular formula is C13H10Br2N4S. The first kappa shape index (κ1) is 13.8. The van der Waals surface area contributed by atoms with Crippen LogP contribution in [0.5, 0.6) is 0 Å². The molecule has 0 aliphatic rings. The minimum Gasteiger partial charge on any atom is -0.357 e. The molecule has 0 saturated heterocycles. The van der Waals surface area contributed by atoms with Gasteiger partial charge in [0.25, 0.3) is 0 Å². The van der Waals surface area contributed by atoms with E-state index in [1.165, 1.54) is 0 Å². The third kappa shape index (κ3) is 2.65. The zero-order valence-electron chi connectivity index (χ0n) is 10.4. The van der Waals surface area contributed by atoms with Gasteiger partial charge in [-0.3, -0.25) is 0 Å². The lowest BCUT2D eigenvalue weighted by Gasteiger charge is -2.10. The standard InChI is InChI=1S/C13H10Br2N4S/c1-16-13-18-11(8-4-5-20-12(8)19-13)17-10-3-2-7(14)6-9(10)15/h2-6H,1H3,(H2,16,17,18,19). The van der Waals surface area contributed by atoms with Crippen molar-refractivity contribution in [2.24, 2.45) is 0 Å². The third-order valence-corrected chi connectivity index (χ3v) is 4.69. The summed E-state index contributed by atoms with van der Waals surface area (Å²) >= 11 is 8.59. The summed E-state index contributed by atoms with van der Waals surface area (Å²) in [6.45, 7) is 0. The number of benzene rings is 1. The zero-order valence-corrected chi connectivity index (χ0v) is 14.4. The maximum absolute atomic E-state index is 4.49. The van der Waals surface area contributed by atoms with E-state index >= 15 is 0 Å². The Morgan fingerprint density at radius 2 is 2.00 bits per heavy atom. The van der Waals surface area contributed by atoms with Gasteiger partial charge in [-0.2, -0.15) is 4.98 Å². The molecular weight excluding hydrogens is 404 g/mol. The van der Waals surface area contributed by atoms with Crippen LogP contribution in [0.1, 0.15) is 0 Å². The van der Waals surface area contributed by atoms with Gasteiger partial charge < -0.3 is 10.6 Å². The number of fused-ring (bicyclic) bond motifs is 1. The number of rotatable bonds is 3. The van der Waals surface area contributed by atoms with Crippen molar-refractivity contribution >= 4 is 70.9 Å². The second-order valence-corrected chi connectivity index (χ2v) is 6.70. The molecule has 2 aromatic heterocycles. The number of thiophene rings is 1. The Labute approximate surface area is 136 Å². The molecule has 0 amide bonds. The number of nitrogens with zero attached hydrogens (tertiary/aromatic N) is 2. The van der Waals surface area contributed by atoms with E-state index in [1.807, 2.05) is 36.7 Å². The molecule has 7 heteroatoms. The van der Waals surface area contributed by atoms with Crippen molar-refractivity contribution in [3.63, 3.8) is 0 Å². The van der Waals surface area contributed by atoms with E-state index < -0.39 is 0 Å². The number of anilines is 3. The van der Waals surface area contributed by atoms with E-state index in [0.29, 0.717) is 5.95 Å². The van der Waals surface area contributed by atoms with Crippen molar-refractivity contribution in [2.75, 3.05) is 17.7 Å². The molecule has 0 bridgehead atoms. The summed E-state index contributed by atoms with van der Waals surface area (Å²) in [5, 5.41) is 9.37. The van der Waals surface area contributed by atoms with Crippen LogP contribution in [-0.2, 0) is 0 Å². The molecule has 1 aromatic carbocycles. The fourth-order valence-corrected chi connectivity index (χ4v) is 3.69. The smallest absolute Gasteiger partial charge is 0.225 e. The minimum absolute atomic E-state index is 0.607. The second-order valence-electron chi connectivity index (χ2n) is 4.03. The minimum atomic E-state index is 0.607. The van der Waals surface area contributed by atoms with Gasteiger partial charge in [0.2, 0.25) is 5.95 Å². The number of nitrogens with one attached hydrogen (secondary N) is 2. The Balaban J connectivity index is 2.07. The van der Waals surface area contributed by atoms with Crippen LogP contribution in [0.15, 0.2) is 38.6 Å². The molecule has 0 radical (unpaired) electrons. The van der Waals surface area contributed by atoms with E-state index in [-0.39, 0.29) is 0 Å². The molecule has 0 fully saturated rings. The van der Waals surface area contributed by atoms with Crippen LogP contribution in [0.4, 0.5) is 17.5 Å². The normalized spacial score (nSPS) is 10.8. The molecule has 0 unspecified atom stereocenters. The first-order valence-electron chi connectivity index (χ1n) is 5.82. The van der Waals surface area contributed by atoms with Crippen molar-refractivity contribution in [1.29, 1.82) is 0 Å². The predicted octanol–water partition coefficient (Wildman–Crippen LogP) is 5.00. The summed E-state index contributed by atoms with van der Waals surface area (Å²) in [4.78, 5) is 9.88. The number of aromatic nitrogens is 2. The molecule has 20 heavy (non-hydrogen) atoms. The van der Waals surface area contributed by atoms with Gasteiger partial charge in [0.05, 0.1) is 11.1 Å². The Hall–Kier alpha value is -1.18. The Morgan fingerprint density at radius 1 is 1.15 bits per heavy atom. The molecule has 3 rings (SSSR count). The average Bonchev–Trinajstić information content (AvgIpc) is 2.90. The van der Waals surface area contributed by atoms with E-state index in [4.69, 9.17) is 0 Å². The first-order chi connectivity index (χ1) is 9.67. The lowest BCUT2D eigenvalue weighted by atomic mass is 10.3. The van der Waals surface area contributed by atoms with Gasteiger partial charge in [0.15, 0.2) is 0 Å². The fourth-order valence-electron chi connectivity index (χ4n) is 1.78. The topological polar surface area (TPSA) is 49.8 Å². The maximum Gasteiger partial charge on any atom is 0.225 e. The van der Waals surface area contributed by atoms with Gasteiger partial charge in [-0.1, -0.05) is 15.9 Å². The van der Waals surface area contributed by atoms with E-state index in [0.717, 1.165) is 30.7 Å². The van der Waals surface area contributed by atoms with Gasteiger partial charge in [-0.25, -0.2) is 4.98 Å². The van der Waals surface area contributed by atoms with Crippen LogP contribution in [-0.4, -0.2) is 17.0 Å². The fraction of sp³-hybridized carbons (Fsp3) is 0.0769. The highest BCUT2D eigenvalue weighted by Gasteiger charge is 2.10. The zero-order chi connectivity index (χ0) is 14.1. The summed E-state index contributed by atoms with van der Waals surface area (Å²) < 4.78 is 1.99. The summed E-state index contributed by atoms with van der Waals surface area (Å²) in [7, 11) is 1.81. The number of hydrogen-bond acceptors (Lipinski definition) is 5. The van der Waals surface area contributed by atoms with Crippen LogP contribution in [0.2, 0.25) is 0 Å². The van der Waals surface area contributed by atoms with Crippen LogP contribution in [0.3, 0.4) is 0 Å². The third-order valence-electron chi connectivity index (χ3n) is 2.73. The highest BCUT2D eigenvalue weighted by molar-refractivity contribution is 9.11. The largest absolute Gasteiger partial charge is 0.357 e. The molecule has 0 saturated carbocycles. The molecule has 0 spiro atoms. The molecule has 2 heterocycles. The van der Waals surface area contributed by atoms with Crippen molar-refractivity contribution in [1.82, 2.24) is 9.97 Å². The average molecular weight is 414 g/mol. The number of halogens is 2. The van der Waals surface area contributed by atoms with Crippen molar-refractivity contribution in [3.05, 3.63) is 38.6 Å². The van der Waals surface area contributed by atoms with Crippen molar-refractivity contribution < 1.29 is 0 Å². The van der Waals surface area contributed by atoms with Gasteiger partial charge in [-0.15, -0.1) is 11.3 Å². The lowest BCUT2D eigenvalue weighted by molar-refractivity contribution is 1.20. The molecule has 2 N–H and O–H groups in total. The summed E-state index contributed by atoms with van der Waals surface area (Å²) in [6.07, 6.45) is 0. The summed E-state index contributed by atoms with van der Waals surface area (Å²) in [6, 6.07) is 7.99. The highest BCUT2D eigenvalue weighted by Crippen LogP contribution is 2.32. The molecule has 102 valence electrons. The molecule has 4 nitrogen and oxygen atoms in total. The van der Waals surface area contributed by atoms with Crippen LogP contribution in [0.25, 0.3) is 10.2 Å². The van der Waals surface area contributed by atoms with Gasteiger partial charge in [0.1, 0.15) is 10.6 Å².